The van der Waals surface area contributed by atoms with Crippen molar-refractivity contribution in [2.45, 2.75) is 12.8 Å². The summed E-state index contributed by atoms with van der Waals surface area (Å²) >= 11 is 0. The van der Waals surface area contributed by atoms with Gasteiger partial charge >= 0.3 is 6.18 Å². The maximum atomic E-state index is 12.7. The maximum Gasteiger partial charge on any atom is 0.416 e. The molecule has 0 saturated heterocycles. The monoisotopic (exact) mass is 365 g/mol. The van der Waals surface area contributed by atoms with E-state index in [2.05, 4.69) is 10.1 Å². The zero-order valence-electron chi connectivity index (χ0n) is 12.9. The molecular formula is C16H10F3N3O4. The Hall–Kier alpha value is -3.43. The van der Waals surface area contributed by atoms with E-state index in [4.69, 9.17) is 9.26 Å². The summed E-state index contributed by atoms with van der Waals surface area (Å²) in [4.78, 5) is 14.0. The Balaban J connectivity index is 1.69. The number of ether oxygens (including phenoxy) is 1. The predicted molar refractivity (Wildman–Crippen MR) is 82.2 cm³/mol. The second-order valence-corrected chi connectivity index (χ2v) is 5.13. The molecule has 0 bridgehead atoms. The van der Waals surface area contributed by atoms with Crippen LogP contribution in [0.15, 0.2) is 53.1 Å². The second-order valence-electron chi connectivity index (χ2n) is 5.13. The number of hydrogen-bond acceptors (Lipinski definition) is 6. The van der Waals surface area contributed by atoms with E-state index >= 15 is 0 Å². The summed E-state index contributed by atoms with van der Waals surface area (Å²) in [5, 5.41) is 14.2. The number of hydrogen-bond donors (Lipinski definition) is 0. The van der Waals surface area contributed by atoms with Crippen LogP contribution in [0.1, 0.15) is 11.5 Å². The molecule has 0 aliphatic carbocycles. The van der Waals surface area contributed by atoms with E-state index in [0.29, 0.717) is 5.75 Å². The molecule has 0 unspecified atom stereocenters. The first-order chi connectivity index (χ1) is 12.3. The molecule has 1 aromatic heterocycles. The summed E-state index contributed by atoms with van der Waals surface area (Å²) in [5.41, 5.74) is -0.740. The summed E-state index contributed by atoms with van der Waals surface area (Å²) in [7, 11) is 0. The van der Waals surface area contributed by atoms with Gasteiger partial charge in [-0.3, -0.25) is 10.1 Å². The minimum Gasteiger partial charge on any atom is -0.484 e. The molecule has 0 aliphatic heterocycles. The fourth-order valence-corrected chi connectivity index (χ4v) is 2.07. The first kappa shape index (κ1) is 17.4. The molecule has 134 valence electrons. The Morgan fingerprint density at radius 3 is 2.54 bits per heavy atom. The van der Waals surface area contributed by atoms with E-state index in [-0.39, 0.29) is 29.6 Å². The first-order valence-corrected chi connectivity index (χ1v) is 7.20. The molecule has 0 spiro atoms. The predicted octanol–water partition coefficient (Wildman–Crippen LogP) is 4.24. The number of nitrogens with zero attached hydrogens (tertiary/aromatic N) is 3. The van der Waals surface area contributed by atoms with Crippen LogP contribution in [-0.4, -0.2) is 15.1 Å². The van der Waals surface area contributed by atoms with Crippen LogP contribution in [0, 0.1) is 10.1 Å². The van der Waals surface area contributed by atoms with Crippen molar-refractivity contribution < 1.29 is 27.4 Å². The van der Waals surface area contributed by atoms with Crippen LogP contribution in [0.25, 0.3) is 11.4 Å². The van der Waals surface area contributed by atoms with Gasteiger partial charge in [-0.05, 0) is 24.3 Å². The number of halogens is 3. The zero-order valence-corrected chi connectivity index (χ0v) is 12.9. The van der Waals surface area contributed by atoms with Crippen LogP contribution in [0.3, 0.4) is 0 Å². The third kappa shape index (κ3) is 3.97. The molecule has 3 aromatic rings. The Kier molecular flexibility index (Phi) is 4.57. The number of benzene rings is 2. The molecule has 0 aliphatic rings. The summed E-state index contributed by atoms with van der Waals surface area (Å²) < 4.78 is 48.6. The van der Waals surface area contributed by atoms with Gasteiger partial charge < -0.3 is 9.26 Å². The molecule has 0 saturated carbocycles. The van der Waals surface area contributed by atoms with Crippen molar-refractivity contribution in [3.05, 3.63) is 70.1 Å². The van der Waals surface area contributed by atoms with Crippen LogP contribution in [-0.2, 0) is 12.8 Å². The number of alkyl halides is 3. The first-order valence-electron chi connectivity index (χ1n) is 7.20. The average Bonchev–Trinajstić information content (AvgIpc) is 3.09. The lowest BCUT2D eigenvalue weighted by Crippen LogP contribution is -2.04. The quantitative estimate of drug-likeness (QED) is 0.496. The lowest BCUT2D eigenvalue weighted by molar-refractivity contribution is -0.384. The standard InChI is InChI=1S/C16H10F3N3O4/c17-16(18,19)11-3-1-2-10(8-11)15-20-14(26-21-15)9-25-13-6-4-12(5-7-13)22(23)24/h1-8H,9H2. The number of rotatable bonds is 5. The van der Waals surface area contributed by atoms with E-state index in [1.54, 1.807) is 0 Å². The smallest absolute Gasteiger partial charge is 0.416 e. The second kappa shape index (κ2) is 6.82. The molecule has 2 aromatic carbocycles. The van der Waals surface area contributed by atoms with Gasteiger partial charge in [-0.15, -0.1) is 0 Å². The van der Waals surface area contributed by atoms with Gasteiger partial charge in [0, 0.05) is 17.7 Å². The molecule has 26 heavy (non-hydrogen) atoms. The topological polar surface area (TPSA) is 91.3 Å². The third-order valence-corrected chi connectivity index (χ3v) is 3.33. The van der Waals surface area contributed by atoms with E-state index in [9.17, 15) is 23.3 Å². The fourth-order valence-electron chi connectivity index (χ4n) is 2.07. The highest BCUT2D eigenvalue weighted by atomic mass is 19.4. The third-order valence-electron chi connectivity index (χ3n) is 3.33. The van der Waals surface area contributed by atoms with Crippen molar-refractivity contribution in [1.29, 1.82) is 0 Å². The highest BCUT2D eigenvalue weighted by Crippen LogP contribution is 2.31. The minimum absolute atomic E-state index is 0.00148. The molecule has 7 nitrogen and oxygen atoms in total. The number of aromatic nitrogens is 2. The maximum absolute atomic E-state index is 12.7. The van der Waals surface area contributed by atoms with Crippen LogP contribution >= 0.6 is 0 Å². The van der Waals surface area contributed by atoms with E-state index < -0.39 is 16.7 Å². The molecule has 3 rings (SSSR count). The van der Waals surface area contributed by atoms with Gasteiger partial charge in [0.15, 0.2) is 6.61 Å². The highest BCUT2D eigenvalue weighted by Gasteiger charge is 2.30. The Labute approximate surface area is 144 Å². The highest BCUT2D eigenvalue weighted by molar-refractivity contribution is 5.55. The molecule has 1 heterocycles. The van der Waals surface area contributed by atoms with Gasteiger partial charge in [0.05, 0.1) is 10.5 Å². The van der Waals surface area contributed by atoms with Gasteiger partial charge in [0.1, 0.15) is 5.75 Å². The van der Waals surface area contributed by atoms with Crippen LogP contribution < -0.4 is 4.74 Å². The summed E-state index contributed by atoms with van der Waals surface area (Å²) in [6.07, 6.45) is -4.47. The Bertz CT molecular complexity index is 923. The van der Waals surface area contributed by atoms with E-state index in [0.717, 1.165) is 12.1 Å². The van der Waals surface area contributed by atoms with Crippen molar-refractivity contribution in [2.75, 3.05) is 0 Å². The van der Waals surface area contributed by atoms with Crippen molar-refractivity contribution in [1.82, 2.24) is 10.1 Å². The SMILES string of the molecule is O=[N+]([O-])c1ccc(OCc2nc(-c3cccc(C(F)(F)F)c3)no2)cc1. The Morgan fingerprint density at radius 1 is 1.15 bits per heavy atom. The number of nitro benzene ring substituents is 1. The van der Waals surface area contributed by atoms with Crippen molar-refractivity contribution in [3.63, 3.8) is 0 Å². The van der Waals surface area contributed by atoms with Crippen molar-refractivity contribution >= 4 is 5.69 Å². The van der Waals surface area contributed by atoms with Crippen LogP contribution in [0.2, 0.25) is 0 Å². The summed E-state index contributed by atoms with van der Waals surface area (Å²) in [6.45, 7) is -0.135. The normalized spacial score (nSPS) is 11.3. The van der Waals surface area contributed by atoms with Gasteiger partial charge in [-0.25, -0.2) is 0 Å². The lowest BCUT2D eigenvalue weighted by Gasteiger charge is -2.06. The molecule has 0 amide bonds. The molecule has 10 heteroatoms. The van der Waals surface area contributed by atoms with E-state index in [1.807, 2.05) is 0 Å². The Morgan fingerprint density at radius 2 is 1.88 bits per heavy atom. The van der Waals surface area contributed by atoms with Gasteiger partial charge in [-0.2, -0.15) is 18.2 Å². The van der Waals surface area contributed by atoms with Gasteiger partial charge in [-0.1, -0.05) is 17.3 Å². The summed E-state index contributed by atoms with van der Waals surface area (Å²) in [5.74, 6) is 0.392. The number of non-ortho nitro benzene ring substituents is 1. The molecule has 0 radical (unpaired) electrons. The van der Waals surface area contributed by atoms with Crippen molar-refractivity contribution in [2.24, 2.45) is 0 Å². The van der Waals surface area contributed by atoms with Gasteiger partial charge in [0.25, 0.3) is 11.6 Å². The minimum atomic E-state index is -4.47. The van der Waals surface area contributed by atoms with E-state index in [1.165, 1.54) is 36.4 Å². The average molecular weight is 365 g/mol. The number of nitro groups is 1. The van der Waals surface area contributed by atoms with Crippen LogP contribution in [0.4, 0.5) is 18.9 Å². The molecule has 0 atom stereocenters. The molecule has 0 fully saturated rings. The molecular weight excluding hydrogens is 355 g/mol. The fraction of sp³-hybridized carbons (Fsp3) is 0.125. The zero-order chi connectivity index (χ0) is 18.7. The largest absolute Gasteiger partial charge is 0.484 e. The lowest BCUT2D eigenvalue weighted by atomic mass is 10.1. The van der Waals surface area contributed by atoms with Crippen molar-refractivity contribution in [3.8, 4) is 17.1 Å². The van der Waals surface area contributed by atoms with Gasteiger partial charge in [0.2, 0.25) is 5.82 Å². The summed E-state index contributed by atoms with van der Waals surface area (Å²) in [6, 6.07) is 9.91. The molecule has 0 N–H and O–H groups in total. The van der Waals surface area contributed by atoms with Crippen LogP contribution in [0.5, 0.6) is 5.75 Å².